The summed E-state index contributed by atoms with van der Waals surface area (Å²) in [4.78, 5) is 14.2. The predicted molar refractivity (Wildman–Crippen MR) is 107 cm³/mol. The van der Waals surface area contributed by atoms with E-state index >= 15 is 0 Å². The number of aryl methyl sites for hydroxylation is 1. The monoisotopic (exact) mass is 360 g/mol. The molecule has 0 atom stereocenters. The van der Waals surface area contributed by atoms with Crippen molar-refractivity contribution in [2.45, 2.75) is 38.5 Å². The lowest BCUT2D eigenvalue weighted by Gasteiger charge is -2.09. The highest BCUT2D eigenvalue weighted by Crippen LogP contribution is 2.37. The number of amides is 1. The Morgan fingerprint density at radius 2 is 1.77 bits per heavy atom. The van der Waals surface area contributed by atoms with E-state index in [1.807, 2.05) is 42.5 Å². The highest BCUT2D eigenvalue weighted by atomic mass is 32.1. The number of nitrogens with one attached hydrogen (secondary N) is 1. The zero-order valence-electron chi connectivity index (χ0n) is 14.5. The van der Waals surface area contributed by atoms with Gasteiger partial charge in [0.2, 0.25) is 0 Å². The van der Waals surface area contributed by atoms with Crippen molar-refractivity contribution in [2.75, 3.05) is 5.32 Å². The van der Waals surface area contributed by atoms with Crippen molar-refractivity contribution in [3.63, 3.8) is 0 Å². The van der Waals surface area contributed by atoms with Gasteiger partial charge < -0.3 is 5.32 Å². The highest BCUT2D eigenvalue weighted by Gasteiger charge is 2.21. The van der Waals surface area contributed by atoms with Gasteiger partial charge in [0, 0.05) is 10.4 Å². The summed E-state index contributed by atoms with van der Waals surface area (Å²) in [6.45, 7) is 0. The van der Waals surface area contributed by atoms with E-state index < -0.39 is 0 Å². The van der Waals surface area contributed by atoms with Gasteiger partial charge in [-0.25, -0.2) is 0 Å². The fraction of sp³-hybridized carbons (Fsp3) is 0.273. The molecule has 0 fully saturated rings. The second-order valence-electron chi connectivity index (χ2n) is 6.71. The number of carbonyl (C=O) groups excluding carboxylic acids is 1. The molecule has 0 radical (unpaired) electrons. The van der Waals surface area contributed by atoms with Crippen molar-refractivity contribution in [1.82, 2.24) is 0 Å². The Labute approximate surface area is 157 Å². The summed E-state index contributed by atoms with van der Waals surface area (Å²) in [5, 5.41) is 15.4. The van der Waals surface area contributed by atoms with Crippen LogP contribution in [-0.2, 0) is 12.8 Å². The fourth-order valence-corrected chi connectivity index (χ4v) is 4.95. The van der Waals surface area contributed by atoms with Crippen LogP contribution in [0.5, 0.6) is 0 Å². The molecule has 0 aliphatic heterocycles. The number of nitriles is 1. The third kappa shape index (κ3) is 3.11. The molecule has 0 unspecified atom stereocenters. The summed E-state index contributed by atoms with van der Waals surface area (Å²) in [5.41, 5.74) is 2.47. The lowest BCUT2D eigenvalue weighted by atomic mass is 9.97. The van der Waals surface area contributed by atoms with Crippen LogP contribution >= 0.6 is 11.3 Å². The van der Waals surface area contributed by atoms with Gasteiger partial charge in [0.25, 0.3) is 5.91 Å². The molecule has 26 heavy (non-hydrogen) atoms. The predicted octanol–water partition coefficient (Wildman–Crippen LogP) is 5.68. The van der Waals surface area contributed by atoms with Gasteiger partial charge in [-0.05, 0) is 48.1 Å². The summed E-state index contributed by atoms with van der Waals surface area (Å²) in [6, 6.07) is 16.0. The Bertz CT molecular complexity index is 1010. The molecule has 0 spiro atoms. The van der Waals surface area contributed by atoms with Crippen LogP contribution < -0.4 is 5.32 Å². The molecule has 1 N–H and O–H groups in total. The van der Waals surface area contributed by atoms with Crippen LogP contribution in [0.3, 0.4) is 0 Å². The molecule has 2 aromatic carbocycles. The zero-order chi connectivity index (χ0) is 17.9. The molecule has 1 amide bonds. The molecule has 3 aromatic rings. The molecule has 4 heteroatoms. The molecule has 1 aliphatic carbocycles. The van der Waals surface area contributed by atoms with E-state index in [1.54, 1.807) is 11.3 Å². The van der Waals surface area contributed by atoms with Gasteiger partial charge >= 0.3 is 0 Å². The first-order valence-corrected chi connectivity index (χ1v) is 9.93. The molecule has 1 aliphatic rings. The van der Waals surface area contributed by atoms with Crippen LogP contribution in [0.1, 0.15) is 52.0 Å². The Hall–Kier alpha value is -2.64. The molecule has 0 bridgehead atoms. The first-order valence-electron chi connectivity index (χ1n) is 9.11. The van der Waals surface area contributed by atoms with Crippen molar-refractivity contribution in [3.05, 3.63) is 64.0 Å². The van der Waals surface area contributed by atoms with Crippen LogP contribution in [0.15, 0.2) is 42.5 Å². The second-order valence-corrected chi connectivity index (χ2v) is 7.82. The third-order valence-corrected chi connectivity index (χ3v) is 6.25. The molecule has 1 aromatic heterocycles. The average Bonchev–Trinajstić information content (AvgIpc) is 2.96. The Morgan fingerprint density at radius 3 is 2.62 bits per heavy atom. The Morgan fingerprint density at radius 1 is 1.00 bits per heavy atom. The van der Waals surface area contributed by atoms with E-state index in [0.29, 0.717) is 16.1 Å². The fourth-order valence-electron chi connectivity index (χ4n) is 3.72. The van der Waals surface area contributed by atoms with E-state index in [4.69, 9.17) is 0 Å². The van der Waals surface area contributed by atoms with E-state index in [-0.39, 0.29) is 5.91 Å². The normalized spacial score (nSPS) is 14.1. The molecule has 0 saturated carbocycles. The largest absolute Gasteiger partial charge is 0.312 e. The maximum absolute atomic E-state index is 12.9. The number of nitrogens with zero attached hydrogens (tertiary/aromatic N) is 1. The van der Waals surface area contributed by atoms with Gasteiger partial charge in [-0.15, -0.1) is 11.3 Å². The molecule has 0 saturated heterocycles. The lowest BCUT2D eigenvalue weighted by molar-refractivity contribution is 0.102. The van der Waals surface area contributed by atoms with E-state index in [1.165, 1.54) is 17.7 Å². The van der Waals surface area contributed by atoms with Crippen LogP contribution in [0.2, 0.25) is 0 Å². The molecule has 4 rings (SSSR count). The van der Waals surface area contributed by atoms with Crippen molar-refractivity contribution < 1.29 is 4.79 Å². The number of anilines is 1. The van der Waals surface area contributed by atoms with Crippen LogP contribution in [0.25, 0.3) is 10.8 Å². The lowest BCUT2D eigenvalue weighted by Crippen LogP contribution is -2.12. The number of rotatable bonds is 2. The second kappa shape index (κ2) is 7.31. The number of carbonyl (C=O) groups is 1. The van der Waals surface area contributed by atoms with Gasteiger partial charge in [0.05, 0.1) is 5.56 Å². The number of thiophene rings is 1. The summed E-state index contributed by atoms with van der Waals surface area (Å²) in [6.07, 6.45) is 6.71. The van der Waals surface area contributed by atoms with Crippen molar-refractivity contribution in [1.29, 1.82) is 5.26 Å². The minimum absolute atomic E-state index is 0.146. The summed E-state index contributed by atoms with van der Waals surface area (Å²) >= 11 is 1.58. The Kier molecular flexibility index (Phi) is 4.73. The summed E-state index contributed by atoms with van der Waals surface area (Å²) in [7, 11) is 0. The number of fused-ring (bicyclic) bond motifs is 2. The van der Waals surface area contributed by atoms with Crippen molar-refractivity contribution >= 4 is 33.0 Å². The SMILES string of the molecule is N#Cc1c(NC(=O)c2cccc3ccccc23)sc2c1CCCCCC2. The van der Waals surface area contributed by atoms with Crippen LogP contribution in [-0.4, -0.2) is 5.91 Å². The van der Waals surface area contributed by atoms with Crippen molar-refractivity contribution in [3.8, 4) is 6.07 Å². The molecular weight excluding hydrogens is 340 g/mol. The van der Waals surface area contributed by atoms with E-state index in [9.17, 15) is 10.1 Å². The summed E-state index contributed by atoms with van der Waals surface area (Å²) < 4.78 is 0. The van der Waals surface area contributed by atoms with Gasteiger partial charge in [0.1, 0.15) is 11.1 Å². The zero-order valence-corrected chi connectivity index (χ0v) is 15.4. The number of hydrogen-bond acceptors (Lipinski definition) is 3. The maximum atomic E-state index is 12.9. The number of benzene rings is 2. The van der Waals surface area contributed by atoms with Gasteiger partial charge in [0.15, 0.2) is 0 Å². The average molecular weight is 360 g/mol. The minimum atomic E-state index is -0.146. The van der Waals surface area contributed by atoms with Crippen molar-refractivity contribution in [2.24, 2.45) is 0 Å². The quantitative estimate of drug-likeness (QED) is 0.639. The minimum Gasteiger partial charge on any atom is -0.312 e. The van der Waals surface area contributed by atoms with E-state index in [0.717, 1.165) is 42.0 Å². The molecule has 1 heterocycles. The van der Waals surface area contributed by atoms with Gasteiger partial charge in [-0.2, -0.15) is 5.26 Å². The van der Waals surface area contributed by atoms with Crippen LogP contribution in [0.4, 0.5) is 5.00 Å². The number of hydrogen-bond donors (Lipinski definition) is 1. The standard InChI is InChI=1S/C22H20N2OS/c23-14-19-17-11-3-1-2-4-13-20(17)26-22(19)24-21(25)18-12-7-9-15-8-5-6-10-16(15)18/h5-10,12H,1-4,11,13H2,(H,24,25). The Balaban J connectivity index is 1.69. The van der Waals surface area contributed by atoms with Crippen LogP contribution in [0, 0.1) is 11.3 Å². The third-order valence-electron chi connectivity index (χ3n) is 5.04. The molecule has 3 nitrogen and oxygen atoms in total. The van der Waals surface area contributed by atoms with Gasteiger partial charge in [-0.3, -0.25) is 4.79 Å². The maximum Gasteiger partial charge on any atom is 0.256 e. The first-order chi connectivity index (χ1) is 12.8. The van der Waals surface area contributed by atoms with E-state index in [2.05, 4.69) is 11.4 Å². The molecular formula is C22H20N2OS. The smallest absolute Gasteiger partial charge is 0.256 e. The first kappa shape index (κ1) is 16.8. The van der Waals surface area contributed by atoms with Gasteiger partial charge in [-0.1, -0.05) is 49.2 Å². The highest BCUT2D eigenvalue weighted by molar-refractivity contribution is 7.16. The summed E-state index contributed by atoms with van der Waals surface area (Å²) in [5.74, 6) is -0.146. The molecule has 130 valence electrons. The topological polar surface area (TPSA) is 52.9 Å².